The average Bonchev–Trinajstić information content (AvgIpc) is 3.24. The molecule has 0 bridgehead atoms. The minimum Gasteiger partial charge on any atom is -0.489 e. The van der Waals surface area contributed by atoms with E-state index in [0.29, 0.717) is 19.8 Å². The fourth-order valence-electron chi connectivity index (χ4n) is 4.52. The second-order valence-electron chi connectivity index (χ2n) is 8.21. The zero-order valence-corrected chi connectivity index (χ0v) is 17.6. The standard InChI is InChI=1S/C24H30N2O4/c1-16-4-3-5-17(2)20(16)15-30-19-8-6-18(7-9-19)22-14-26(12-13-29-22)21-10-11-25-23(21)24(27)28/h3-9,21-23,25H,10-15H2,1-2H3,(H,27,28)/t21?,22?,23-/m0/s1. The smallest absolute Gasteiger partial charge is 0.322 e. The molecule has 3 atom stereocenters. The van der Waals surface area contributed by atoms with Crippen molar-refractivity contribution in [1.29, 1.82) is 0 Å². The molecule has 2 aliphatic heterocycles. The Bertz CT molecular complexity index is 863. The van der Waals surface area contributed by atoms with Gasteiger partial charge in [-0.3, -0.25) is 9.69 Å². The van der Waals surface area contributed by atoms with Crippen molar-refractivity contribution in [3.63, 3.8) is 0 Å². The van der Waals surface area contributed by atoms with Crippen LogP contribution < -0.4 is 10.1 Å². The van der Waals surface area contributed by atoms with E-state index in [1.165, 1.54) is 16.7 Å². The van der Waals surface area contributed by atoms with Crippen LogP contribution in [0.4, 0.5) is 0 Å². The van der Waals surface area contributed by atoms with Gasteiger partial charge in [0.25, 0.3) is 0 Å². The highest BCUT2D eigenvalue weighted by Gasteiger charge is 2.38. The van der Waals surface area contributed by atoms with Gasteiger partial charge in [-0.25, -0.2) is 0 Å². The van der Waals surface area contributed by atoms with Crippen LogP contribution in [-0.2, 0) is 16.1 Å². The second kappa shape index (κ2) is 9.16. The first-order chi connectivity index (χ1) is 14.5. The lowest BCUT2D eigenvalue weighted by Crippen LogP contribution is -2.52. The third-order valence-electron chi connectivity index (χ3n) is 6.30. The van der Waals surface area contributed by atoms with E-state index in [4.69, 9.17) is 9.47 Å². The van der Waals surface area contributed by atoms with Crippen molar-refractivity contribution in [1.82, 2.24) is 10.2 Å². The summed E-state index contributed by atoms with van der Waals surface area (Å²) in [5.74, 6) is 0.0611. The number of carboxylic acids is 1. The maximum atomic E-state index is 11.5. The van der Waals surface area contributed by atoms with Crippen LogP contribution in [-0.4, -0.2) is 54.3 Å². The Morgan fingerprint density at radius 3 is 2.63 bits per heavy atom. The number of hydrogen-bond acceptors (Lipinski definition) is 5. The van der Waals surface area contributed by atoms with Gasteiger partial charge < -0.3 is 19.9 Å². The van der Waals surface area contributed by atoms with Crippen LogP contribution >= 0.6 is 0 Å². The molecule has 0 aliphatic carbocycles. The molecule has 6 nitrogen and oxygen atoms in total. The summed E-state index contributed by atoms with van der Waals surface area (Å²) in [4.78, 5) is 13.8. The number of ether oxygens (including phenoxy) is 2. The van der Waals surface area contributed by atoms with E-state index in [-0.39, 0.29) is 12.1 Å². The Kier molecular flexibility index (Phi) is 6.37. The summed E-state index contributed by atoms with van der Waals surface area (Å²) >= 11 is 0. The number of hydrogen-bond donors (Lipinski definition) is 2. The van der Waals surface area contributed by atoms with Crippen molar-refractivity contribution in [2.75, 3.05) is 26.2 Å². The predicted molar refractivity (Wildman–Crippen MR) is 115 cm³/mol. The molecule has 2 aliphatic rings. The van der Waals surface area contributed by atoms with Gasteiger partial charge in [-0.05, 0) is 61.2 Å². The maximum absolute atomic E-state index is 11.5. The first-order valence-electron chi connectivity index (χ1n) is 10.6. The normalized spacial score (nSPS) is 24.7. The number of rotatable bonds is 6. The first kappa shape index (κ1) is 20.8. The summed E-state index contributed by atoms with van der Waals surface area (Å²) in [6.07, 6.45) is 0.802. The van der Waals surface area contributed by atoms with Crippen LogP contribution in [0.2, 0.25) is 0 Å². The van der Waals surface area contributed by atoms with Crippen LogP contribution in [0.25, 0.3) is 0 Å². The van der Waals surface area contributed by atoms with Crippen LogP contribution in [0.5, 0.6) is 5.75 Å². The Morgan fingerprint density at radius 2 is 1.93 bits per heavy atom. The molecule has 2 fully saturated rings. The highest BCUT2D eigenvalue weighted by molar-refractivity contribution is 5.75. The van der Waals surface area contributed by atoms with Gasteiger partial charge in [-0.15, -0.1) is 0 Å². The molecule has 6 heteroatoms. The Hall–Kier alpha value is -2.41. The molecule has 0 radical (unpaired) electrons. The van der Waals surface area contributed by atoms with Crippen molar-refractivity contribution in [2.24, 2.45) is 0 Å². The summed E-state index contributed by atoms with van der Waals surface area (Å²) < 4.78 is 12.0. The van der Waals surface area contributed by atoms with Gasteiger partial charge >= 0.3 is 5.97 Å². The molecule has 4 rings (SSSR count). The molecule has 2 aromatic carbocycles. The van der Waals surface area contributed by atoms with Gasteiger partial charge in [0.1, 0.15) is 18.4 Å². The maximum Gasteiger partial charge on any atom is 0.322 e. The van der Waals surface area contributed by atoms with E-state index >= 15 is 0 Å². The zero-order chi connectivity index (χ0) is 21.1. The quantitative estimate of drug-likeness (QED) is 0.763. The van der Waals surface area contributed by atoms with Crippen molar-refractivity contribution in [3.8, 4) is 5.75 Å². The average molecular weight is 411 g/mol. The van der Waals surface area contributed by atoms with Gasteiger partial charge in [-0.2, -0.15) is 0 Å². The number of morpholine rings is 1. The highest BCUT2D eigenvalue weighted by atomic mass is 16.5. The van der Waals surface area contributed by atoms with E-state index in [1.807, 2.05) is 12.1 Å². The van der Waals surface area contributed by atoms with E-state index in [0.717, 1.165) is 30.8 Å². The van der Waals surface area contributed by atoms with Gasteiger partial charge in [0.2, 0.25) is 0 Å². The molecule has 0 saturated carbocycles. The summed E-state index contributed by atoms with van der Waals surface area (Å²) in [5, 5.41) is 12.6. The van der Waals surface area contributed by atoms with Crippen LogP contribution in [0, 0.1) is 13.8 Å². The van der Waals surface area contributed by atoms with E-state index in [9.17, 15) is 9.90 Å². The van der Waals surface area contributed by atoms with Gasteiger partial charge in [-0.1, -0.05) is 30.3 Å². The number of carbonyl (C=O) groups is 1. The summed E-state index contributed by atoms with van der Waals surface area (Å²) in [6, 6.07) is 13.9. The van der Waals surface area contributed by atoms with E-state index in [1.54, 1.807) is 0 Å². The SMILES string of the molecule is Cc1cccc(C)c1COc1ccc(C2CN(C3CCN[C@@H]3C(=O)O)CCO2)cc1. The van der Waals surface area contributed by atoms with Crippen LogP contribution in [0.3, 0.4) is 0 Å². The molecule has 2 heterocycles. The number of carboxylic acid groups (broad SMARTS) is 1. The van der Waals surface area contributed by atoms with E-state index < -0.39 is 12.0 Å². The van der Waals surface area contributed by atoms with Gasteiger partial charge in [0.05, 0.1) is 12.7 Å². The fourth-order valence-corrected chi connectivity index (χ4v) is 4.52. The molecule has 2 aromatic rings. The van der Waals surface area contributed by atoms with Crippen molar-refractivity contribution in [2.45, 2.75) is 45.1 Å². The minimum absolute atomic E-state index is 0.0221. The summed E-state index contributed by atoms with van der Waals surface area (Å²) in [7, 11) is 0. The number of nitrogens with one attached hydrogen (secondary N) is 1. The molecule has 2 saturated heterocycles. The lowest BCUT2D eigenvalue weighted by molar-refractivity contribution is -0.141. The molecule has 0 amide bonds. The number of aryl methyl sites for hydroxylation is 2. The van der Waals surface area contributed by atoms with Crippen LogP contribution in [0.1, 0.15) is 34.8 Å². The lowest BCUT2D eigenvalue weighted by atomic mass is 10.0. The van der Waals surface area contributed by atoms with Gasteiger partial charge in [0, 0.05) is 19.1 Å². The second-order valence-corrected chi connectivity index (χ2v) is 8.21. The van der Waals surface area contributed by atoms with Crippen molar-refractivity contribution >= 4 is 5.97 Å². The van der Waals surface area contributed by atoms with Crippen molar-refractivity contribution < 1.29 is 19.4 Å². The summed E-state index contributed by atoms with van der Waals surface area (Å²) in [5.41, 5.74) is 4.80. The Balaban J connectivity index is 1.38. The van der Waals surface area contributed by atoms with E-state index in [2.05, 4.69) is 54.4 Å². The third-order valence-corrected chi connectivity index (χ3v) is 6.30. The number of nitrogens with zero attached hydrogens (tertiary/aromatic N) is 1. The van der Waals surface area contributed by atoms with Crippen LogP contribution in [0.15, 0.2) is 42.5 Å². The predicted octanol–water partition coefficient (Wildman–Crippen LogP) is 3.07. The molecule has 0 spiro atoms. The molecule has 160 valence electrons. The molecule has 0 aromatic heterocycles. The highest BCUT2D eigenvalue weighted by Crippen LogP contribution is 2.28. The molecule has 2 N–H and O–H groups in total. The molecular weight excluding hydrogens is 380 g/mol. The zero-order valence-electron chi connectivity index (χ0n) is 17.6. The third kappa shape index (κ3) is 4.51. The monoisotopic (exact) mass is 410 g/mol. The Labute approximate surface area is 177 Å². The fraction of sp³-hybridized carbons (Fsp3) is 0.458. The molecule has 2 unspecified atom stereocenters. The first-order valence-corrected chi connectivity index (χ1v) is 10.6. The lowest BCUT2D eigenvalue weighted by Gasteiger charge is -2.38. The Morgan fingerprint density at radius 1 is 1.20 bits per heavy atom. The van der Waals surface area contributed by atoms with Crippen molar-refractivity contribution in [3.05, 3.63) is 64.7 Å². The minimum atomic E-state index is -0.772. The largest absolute Gasteiger partial charge is 0.489 e. The topological polar surface area (TPSA) is 71.0 Å². The molecule has 30 heavy (non-hydrogen) atoms. The summed E-state index contributed by atoms with van der Waals surface area (Å²) in [6.45, 7) is 7.60. The number of aliphatic carboxylic acids is 1. The molecular formula is C24H30N2O4. The number of benzene rings is 2. The van der Waals surface area contributed by atoms with Gasteiger partial charge in [0.15, 0.2) is 0 Å².